The summed E-state index contributed by atoms with van der Waals surface area (Å²) in [6.07, 6.45) is 0. The molecule has 0 saturated carbocycles. The second-order valence-electron chi connectivity index (χ2n) is 2.91. The average Bonchev–Trinajstić information content (AvgIpc) is 2.14. The summed E-state index contributed by atoms with van der Waals surface area (Å²) in [6, 6.07) is 1.13. The van der Waals surface area contributed by atoms with Crippen molar-refractivity contribution in [3.8, 4) is 0 Å². The highest BCUT2D eigenvalue weighted by molar-refractivity contribution is 7.91. The zero-order chi connectivity index (χ0) is 11.8. The number of hydrogen-bond donors (Lipinski definition) is 2. The number of rotatable bonds is 2. The van der Waals surface area contributed by atoms with Crippen molar-refractivity contribution in [2.45, 2.75) is 11.8 Å². The quantitative estimate of drug-likeness (QED) is 0.780. The number of nitrogens with two attached hydrogens (primary N) is 2. The fraction of sp³-hybridized carbons (Fsp3) is 0.250. The van der Waals surface area contributed by atoms with Crippen LogP contribution in [0, 0.1) is 5.82 Å². The third-order valence-corrected chi connectivity index (χ3v) is 4.04. The van der Waals surface area contributed by atoms with Crippen molar-refractivity contribution in [2.75, 3.05) is 17.2 Å². The number of benzene rings is 1. The van der Waals surface area contributed by atoms with Gasteiger partial charge < -0.3 is 11.5 Å². The lowest BCUT2D eigenvalue weighted by molar-refractivity contribution is 0.571. The predicted molar refractivity (Wildman–Crippen MR) is 58.0 cm³/mol. The van der Waals surface area contributed by atoms with Gasteiger partial charge in [-0.05, 0) is 6.07 Å². The van der Waals surface area contributed by atoms with Crippen molar-refractivity contribution in [3.63, 3.8) is 0 Å². The Morgan fingerprint density at radius 1 is 1.47 bits per heavy atom. The van der Waals surface area contributed by atoms with Crippen LogP contribution in [0.15, 0.2) is 11.0 Å². The van der Waals surface area contributed by atoms with E-state index in [2.05, 4.69) is 0 Å². The van der Waals surface area contributed by atoms with E-state index in [-0.39, 0.29) is 16.5 Å². The van der Waals surface area contributed by atoms with Gasteiger partial charge in [0.25, 0.3) is 0 Å². The first kappa shape index (κ1) is 12.1. The Hall–Kier alpha value is -1.01. The van der Waals surface area contributed by atoms with Crippen LogP contribution in [0.2, 0.25) is 5.02 Å². The summed E-state index contributed by atoms with van der Waals surface area (Å²) in [7, 11) is -3.74. The highest BCUT2D eigenvalue weighted by Gasteiger charge is 2.24. The standard InChI is InChI=1S/C8H10ClFN2O2S/c1-2-15(13,14)8-5(11)3-4(9)7(12)6(8)10/h3H,2,11-12H2,1H3. The van der Waals surface area contributed by atoms with Crippen LogP contribution in [0.1, 0.15) is 6.92 Å². The summed E-state index contributed by atoms with van der Waals surface area (Å²) >= 11 is 5.54. The molecular formula is C8H10ClFN2O2S. The SMILES string of the molecule is CCS(=O)(=O)c1c(N)cc(Cl)c(N)c1F. The zero-order valence-corrected chi connectivity index (χ0v) is 9.49. The lowest BCUT2D eigenvalue weighted by atomic mass is 10.3. The van der Waals surface area contributed by atoms with Crippen LogP contribution >= 0.6 is 11.6 Å². The Kier molecular flexibility index (Phi) is 3.11. The monoisotopic (exact) mass is 252 g/mol. The Morgan fingerprint density at radius 3 is 2.47 bits per heavy atom. The van der Waals surface area contributed by atoms with E-state index >= 15 is 0 Å². The molecule has 0 aliphatic heterocycles. The highest BCUT2D eigenvalue weighted by atomic mass is 35.5. The summed E-state index contributed by atoms with van der Waals surface area (Å²) in [5, 5.41) is -0.0972. The molecule has 4 nitrogen and oxygen atoms in total. The maximum absolute atomic E-state index is 13.5. The third kappa shape index (κ3) is 2.00. The summed E-state index contributed by atoms with van der Waals surface area (Å²) in [5.41, 5.74) is 10.0. The maximum atomic E-state index is 13.5. The van der Waals surface area contributed by atoms with Crippen LogP contribution in [0.25, 0.3) is 0 Å². The van der Waals surface area contributed by atoms with Gasteiger partial charge in [-0.15, -0.1) is 0 Å². The lowest BCUT2D eigenvalue weighted by Gasteiger charge is -2.10. The Balaban J connectivity index is 3.65. The van der Waals surface area contributed by atoms with Gasteiger partial charge in [0.1, 0.15) is 4.90 Å². The molecule has 0 aliphatic rings. The maximum Gasteiger partial charge on any atom is 0.183 e. The van der Waals surface area contributed by atoms with Crippen LogP contribution in [-0.2, 0) is 9.84 Å². The fourth-order valence-corrected chi connectivity index (χ4v) is 2.38. The van der Waals surface area contributed by atoms with Crippen LogP contribution in [-0.4, -0.2) is 14.2 Å². The predicted octanol–water partition coefficient (Wildman–Crippen LogP) is 1.44. The largest absolute Gasteiger partial charge is 0.398 e. The lowest BCUT2D eigenvalue weighted by Crippen LogP contribution is -2.11. The summed E-state index contributed by atoms with van der Waals surface area (Å²) < 4.78 is 36.5. The molecule has 84 valence electrons. The van der Waals surface area contributed by atoms with E-state index in [9.17, 15) is 12.8 Å². The molecule has 0 atom stereocenters. The number of halogens is 2. The first-order valence-electron chi connectivity index (χ1n) is 4.07. The molecule has 15 heavy (non-hydrogen) atoms. The minimum Gasteiger partial charge on any atom is -0.398 e. The zero-order valence-electron chi connectivity index (χ0n) is 7.92. The average molecular weight is 253 g/mol. The van der Waals surface area contributed by atoms with Gasteiger partial charge in [0.2, 0.25) is 0 Å². The molecule has 0 spiro atoms. The van der Waals surface area contributed by atoms with Gasteiger partial charge in [-0.2, -0.15) is 0 Å². The third-order valence-electron chi connectivity index (χ3n) is 1.93. The molecule has 0 aromatic heterocycles. The molecule has 1 aromatic rings. The molecule has 0 saturated heterocycles. The normalized spacial score (nSPS) is 11.7. The summed E-state index contributed by atoms with van der Waals surface area (Å²) in [4.78, 5) is -0.577. The van der Waals surface area contributed by atoms with Crippen molar-refractivity contribution in [3.05, 3.63) is 16.9 Å². The Bertz CT molecular complexity index is 502. The van der Waals surface area contributed by atoms with Gasteiger partial charge in [0.05, 0.1) is 22.2 Å². The van der Waals surface area contributed by atoms with E-state index in [1.54, 1.807) is 0 Å². The van der Waals surface area contributed by atoms with E-state index in [0.717, 1.165) is 6.07 Å². The van der Waals surface area contributed by atoms with Gasteiger partial charge in [-0.1, -0.05) is 18.5 Å². The molecule has 1 rings (SSSR count). The second kappa shape index (κ2) is 3.86. The van der Waals surface area contributed by atoms with E-state index in [1.807, 2.05) is 0 Å². The smallest absolute Gasteiger partial charge is 0.183 e. The first-order chi connectivity index (χ1) is 6.81. The minimum absolute atomic E-state index is 0.0972. The van der Waals surface area contributed by atoms with Gasteiger partial charge in [-0.3, -0.25) is 0 Å². The van der Waals surface area contributed by atoms with Crippen molar-refractivity contribution in [1.29, 1.82) is 0 Å². The minimum atomic E-state index is -3.74. The molecule has 0 radical (unpaired) electrons. The number of sulfone groups is 1. The van der Waals surface area contributed by atoms with Crippen LogP contribution in [0.4, 0.5) is 15.8 Å². The summed E-state index contributed by atoms with van der Waals surface area (Å²) in [5.74, 6) is -1.34. The summed E-state index contributed by atoms with van der Waals surface area (Å²) in [6.45, 7) is 1.39. The molecule has 7 heteroatoms. The molecule has 0 unspecified atom stereocenters. The Morgan fingerprint density at radius 2 is 2.00 bits per heavy atom. The highest BCUT2D eigenvalue weighted by Crippen LogP contribution is 2.32. The van der Waals surface area contributed by atoms with E-state index in [0.29, 0.717) is 0 Å². The van der Waals surface area contributed by atoms with Gasteiger partial charge in [0, 0.05) is 0 Å². The first-order valence-corrected chi connectivity index (χ1v) is 6.10. The van der Waals surface area contributed by atoms with Gasteiger partial charge in [-0.25, -0.2) is 12.8 Å². The Labute approximate surface area is 91.9 Å². The molecule has 0 heterocycles. The molecule has 0 fully saturated rings. The molecule has 0 bridgehead atoms. The van der Waals surface area contributed by atoms with E-state index < -0.39 is 26.2 Å². The fourth-order valence-electron chi connectivity index (χ4n) is 1.09. The van der Waals surface area contributed by atoms with Crippen molar-refractivity contribution < 1.29 is 12.8 Å². The van der Waals surface area contributed by atoms with Crippen molar-refractivity contribution in [2.24, 2.45) is 0 Å². The van der Waals surface area contributed by atoms with Crippen molar-refractivity contribution >= 4 is 32.8 Å². The van der Waals surface area contributed by atoms with Crippen LogP contribution in [0.3, 0.4) is 0 Å². The van der Waals surface area contributed by atoms with E-state index in [1.165, 1.54) is 6.92 Å². The van der Waals surface area contributed by atoms with Crippen LogP contribution < -0.4 is 11.5 Å². The molecule has 4 N–H and O–H groups in total. The topological polar surface area (TPSA) is 86.2 Å². The second-order valence-corrected chi connectivity index (χ2v) is 5.53. The number of nitrogen functional groups attached to an aromatic ring is 2. The van der Waals surface area contributed by atoms with Gasteiger partial charge in [0.15, 0.2) is 15.7 Å². The molecule has 1 aromatic carbocycles. The number of hydrogen-bond acceptors (Lipinski definition) is 4. The van der Waals surface area contributed by atoms with Gasteiger partial charge >= 0.3 is 0 Å². The van der Waals surface area contributed by atoms with Crippen molar-refractivity contribution in [1.82, 2.24) is 0 Å². The molecule has 0 aliphatic carbocycles. The molecule has 0 amide bonds. The molecular weight excluding hydrogens is 243 g/mol. The van der Waals surface area contributed by atoms with E-state index in [4.69, 9.17) is 23.1 Å². The number of anilines is 2. The van der Waals surface area contributed by atoms with Crippen LogP contribution in [0.5, 0.6) is 0 Å².